The van der Waals surface area contributed by atoms with Gasteiger partial charge in [-0.15, -0.1) is 0 Å². The first-order valence-electron chi connectivity index (χ1n) is 9.16. The Morgan fingerprint density at radius 2 is 2.10 bits per heavy atom. The van der Waals surface area contributed by atoms with E-state index < -0.39 is 9.73 Å². The third-order valence-corrected chi connectivity index (χ3v) is 5.63. The maximum absolute atomic E-state index is 12.0. The zero-order valence-corrected chi connectivity index (χ0v) is 17.4. The van der Waals surface area contributed by atoms with Gasteiger partial charge in [0.2, 0.25) is 0 Å². The highest BCUT2D eigenvalue weighted by atomic mass is 32.2. The van der Waals surface area contributed by atoms with Crippen molar-refractivity contribution in [1.82, 2.24) is 9.97 Å². The van der Waals surface area contributed by atoms with Crippen LogP contribution in [0.3, 0.4) is 0 Å². The number of amidine groups is 1. The molecule has 3 aromatic rings. The largest absolute Gasteiger partial charge is 0.493 e. The number of rotatable bonds is 6. The van der Waals surface area contributed by atoms with Gasteiger partial charge in [0.25, 0.3) is 6.02 Å². The number of benzene rings is 2. The van der Waals surface area contributed by atoms with Gasteiger partial charge >= 0.3 is 0 Å². The molecule has 30 heavy (non-hydrogen) atoms. The van der Waals surface area contributed by atoms with Crippen LogP contribution in [0.25, 0.3) is 10.9 Å². The van der Waals surface area contributed by atoms with Gasteiger partial charge in [-0.3, -0.25) is 5.32 Å². The zero-order valence-electron chi connectivity index (χ0n) is 16.5. The summed E-state index contributed by atoms with van der Waals surface area (Å²) in [5.74, 6) is 1.59. The van der Waals surface area contributed by atoms with Gasteiger partial charge in [-0.05, 0) is 23.8 Å². The van der Waals surface area contributed by atoms with Crippen LogP contribution >= 0.6 is 0 Å². The first kappa shape index (κ1) is 19.9. The molecule has 0 saturated carbocycles. The van der Waals surface area contributed by atoms with E-state index in [1.54, 1.807) is 37.4 Å². The predicted molar refractivity (Wildman–Crippen MR) is 114 cm³/mol. The maximum atomic E-state index is 12.0. The summed E-state index contributed by atoms with van der Waals surface area (Å²) in [7, 11) is -1.23. The molecule has 2 aromatic carbocycles. The fraction of sp³-hybridized carbons (Fsp3) is 0.250. The highest BCUT2D eigenvalue weighted by Crippen LogP contribution is 2.34. The molecule has 9 nitrogen and oxygen atoms in total. The van der Waals surface area contributed by atoms with Gasteiger partial charge in [0.15, 0.2) is 11.5 Å². The molecule has 0 spiro atoms. The molecule has 4 rings (SSSR count). The SMILES string of the molecule is COc1cc2c(NC3=NCCO3)ncnc2cc1OCc1cccc(S(C)(=N)=O)c1. The molecular formula is C20H21N5O4S. The van der Waals surface area contributed by atoms with Crippen molar-refractivity contribution in [1.29, 1.82) is 4.78 Å². The van der Waals surface area contributed by atoms with Gasteiger partial charge in [0.05, 0.1) is 28.9 Å². The molecule has 10 heteroatoms. The first-order valence-corrected chi connectivity index (χ1v) is 11.1. The van der Waals surface area contributed by atoms with Crippen molar-refractivity contribution in [3.05, 3.63) is 48.3 Å². The molecule has 1 aliphatic rings. The topological polar surface area (TPSA) is 119 Å². The Labute approximate surface area is 174 Å². The summed E-state index contributed by atoms with van der Waals surface area (Å²) in [5, 5.41) is 3.81. The minimum absolute atomic E-state index is 0.228. The monoisotopic (exact) mass is 427 g/mol. The molecule has 1 atom stereocenters. The third-order valence-electron chi connectivity index (χ3n) is 4.47. The summed E-state index contributed by atoms with van der Waals surface area (Å²) < 4.78 is 36.6. The van der Waals surface area contributed by atoms with Crippen LogP contribution in [0.2, 0.25) is 0 Å². The summed E-state index contributed by atoms with van der Waals surface area (Å²) in [6.45, 7) is 1.38. The number of hydrogen-bond acceptors (Lipinski definition) is 9. The molecule has 0 fully saturated rings. The van der Waals surface area contributed by atoms with E-state index in [4.69, 9.17) is 19.0 Å². The van der Waals surface area contributed by atoms with E-state index in [0.29, 0.717) is 46.9 Å². The van der Waals surface area contributed by atoms with Crippen molar-refractivity contribution in [2.75, 3.05) is 31.8 Å². The lowest BCUT2D eigenvalue weighted by Gasteiger charge is -2.14. The van der Waals surface area contributed by atoms with Crippen molar-refractivity contribution in [3.8, 4) is 11.5 Å². The van der Waals surface area contributed by atoms with Crippen molar-refractivity contribution in [2.24, 2.45) is 4.99 Å². The number of aliphatic imine (C=N–C) groups is 1. The Bertz CT molecular complexity index is 1230. The smallest absolute Gasteiger partial charge is 0.290 e. The van der Waals surface area contributed by atoms with Crippen molar-refractivity contribution >= 4 is 32.5 Å². The minimum atomic E-state index is -2.79. The van der Waals surface area contributed by atoms with Gasteiger partial charge in [-0.25, -0.2) is 23.9 Å². The van der Waals surface area contributed by atoms with E-state index in [-0.39, 0.29) is 6.61 Å². The van der Waals surface area contributed by atoms with Crippen LogP contribution < -0.4 is 14.8 Å². The average Bonchev–Trinajstić information content (AvgIpc) is 3.24. The van der Waals surface area contributed by atoms with Crippen LogP contribution in [-0.2, 0) is 21.1 Å². The van der Waals surface area contributed by atoms with Crippen molar-refractivity contribution in [3.63, 3.8) is 0 Å². The highest BCUT2D eigenvalue weighted by Gasteiger charge is 2.15. The molecule has 1 aliphatic heterocycles. The maximum Gasteiger partial charge on any atom is 0.290 e. The molecular weight excluding hydrogens is 406 g/mol. The fourth-order valence-corrected chi connectivity index (χ4v) is 3.70. The zero-order chi connectivity index (χ0) is 21.1. The normalized spacial score (nSPS) is 15.2. The van der Waals surface area contributed by atoms with Crippen LogP contribution in [0.4, 0.5) is 5.82 Å². The Kier molecular flexibility index (Phi) is 5.40. The van der Waals surface area contributed by atoms with Crippen LogP contribution in [-0.4, -0.2) is 46.7 Å². The minimum Gasteiger partial charge on any atom is -0.493 e. The first-order chi connectivity index (χ1) is 14.4. The summed E-state index contributed by atoms with van der Waals surface area (Å²) in [5.41, 5.74) is 1.47. The van der Waals surface area contributed by atoms with Gasteiger partial charge < -0.3 is 14.2 Å². The molecule has 1 unspecified atom stereocenters. The molecule has 1 aromatic heterocycles. The second-order valence-electron chi connectivity index (χ2n) is 6.68. The summed E-state index contributed by atoms with van der Waals surface area (Å²) in [6.07, 6.45) is 2.85. The van der Waals surface area contributed by atoms with Crippen LogP contribution in [0.1, 0.15) is 5.56 Å². The second-order valence-corrected chi connectivity index (χ2v) is 8.84. The molecule has 2 N–H and O–H groups in total. The number of nitrogens with zero attached hydrogens (tertiary/aromatic N) is 3. The number of hydrogen-bond donors (Lipinski definition) is 2. The van der Waals surface area contributed by atoms with E-state index >= 15 is 0 Å². The lowest BCUT2D eigenvalue weighted by atomic mass is 10.2. The highest BCUT2D eigenvalue weighted by molar-refractivity contribution is 7.91. The molecule has 0 saturated heterocycles. The summed E-state index contributed by atoms with van der Waals surface area (Å²) in [4.78, 5) is 13.3. The fourth-order valence-electron chi connectivity index (χ4n) is 2.99. The molecule has 156 valence electrons. The number of nitrogens with one attached hydrogen (secondary N) is 2. The number of ether oxygens (including phenoxy) is 3. The Hall–Kier alpha value is -3.40. The second kappa shape index (κ2) is 8.15. The number of aromatic nitrogens is 2. The Balaban J connectivity index is 1.61. The van der Waals surface area contributed by atoms with E-state index in [1.807, 2.05) is 6.07 Å². The van der Waals surface area contributed by atoms with Gasteiger partial charge in [0, 0.05) is 22.6 Å². The number of methoxy groups -OCH3 is 1. The van der Waals surface area contributed by atoms with Crippen LogP contribution in [0.5, 0.6) is 11.5 Å². The average molecular weight is 427 g/mol. The standard InChI is InChI=1S/C20H21N5O4S/c1-27-17-9-15-16(23-12-24-19(15)25-20-22-6-7-28-20)10-18(17)29-11-13-4-3-5-14(8-13)30(2,21)26/h3-5,8-10,12,21H,6-7,11H2,1-2H3,(H,22,23,24,25). The summed E-state index contributed by atoms with van der Waals surface area (Å²) in [6, 6.07) is 11.0. The van der Waals surface area contributed by atoms with E-state index in [9.17, 15) is 4.21 Å². The van der Waals surface area contributed by atoms with E-state index in [1.165, 1.54) is 12.6 Å². The molecule has 0 bridgehead atoms. The molecule has 2 heterocycles. The number of anilines is 1. The van der Waals surface area contributed by atoms with Crippen molar-refractivity contribution < 1.29 is 18.4 Å². The molecule has 0 aliphatic carbocycles. The lowest BCUT2D eigenvalue weighted by Crippen LogP contribution is -2.13. The number of fused-ring (bicyclic) bond motifs is 1. The molecule has 0 radical (unpaired) electrons. The van der Waals surface area contributed by atoms with Crippen LogP contribution in [0.15, 0.2) is 52.6 Å². The quantitative estimate of drug-likeness (QED) is 0.620. The molecule has 0 amide bonds. The van der Waals surface area contributed by atoms with Gasteiger partial charge in [-0.1, -0.05) is 12.1 Å². The van der Waals surface area contributed by atoms with Gasteiger partial charge in [-0.2, -0.15) is 0 Å². The third kappa shape index (κ3) is 4.28. The Morgan fingerprint density at radius 3 is 2.83 bits per heavy atom. The summed E-state index contributed by atoms with van der Waals surface area (Å²) >= 11 is 0. The lowest BCUT2D eigenvalue weighted by molar-refractivity contribution is 0.285. The Morgan fingerprint density at radius 1 is 1.23 bits per heavy atom. The van der Waals surface area contributed by atoms with E-state index in [2.05, 4.69) is 20.3 Å². The van der Waals surface area contributed by atoms with Crippen molar-refractivity contribution in [2.45, 2.75) is 11.5 Å². The van der Waals surface area contributed by atoms with Gasteiger partial charge in [0.1, 0.15) is 25.4 Å². The predicted octanol–water partition coefficient (Wildman–Crippen LogP) is 3.05. The van der Waals surface area contributed by atoms with E-state index in [0.717, 1.165) is 10.9 Å². The van der Waals surface area contributed by atoms with Crippen LogP contribution in [0, 0.1) is 4.78 Å².